The van der Waals surface area contributed by atoms with E-state index in [-0.39, 0.29) is 57.1 Å². The summed E-state index contributed by atoms with van der Waals surface area (Å²) in [4.78, 5) is 12.6. The number of nitrogens with one attached hydrogen (secondary N) is 1. The first-order chi connectivity index (χ1) is 17.5. The van der Waals surface area contributed by atoms with Gasteiger partial charge in [0, 0.05) is 27.7 Å². The first-order valence-corrected chi connectivity index (χ1v) is 12.8. The predicted octanol–water partition coefficient (Wildman–Crippen LogP) is 3.46. The first kappa shape index (κ1) is 29.9. The van der Waals surface area contributed by atoms with Crippen molar-refractivity contribution in [2.75, 3.05) is 12.4 Å². The molecule has 38 heavy (non-hydrogen) atoms. The Hall–Kier alpha value is -2.70. The van der Waals surface area contributed by atoms with Gasteiger partial charge < -0.3 is 15.2 Å². The van der Waals surface area contributed by atoms with E-state index in [9.17, 15) is 22.9 Å². The van der Waals surface area contributed by atoms with Crippen LogP contribution in [0.1, 0.15) is 15.9 Å². The van der Waals surface area contributed by atoms with Gasteiger partial charge in [-0.2, -0.15) is 18.6 Å². The van der Waals surface area contributed by atoms with Crippen molar-refractivity contribution in [1.82, 2.24) is 0 Å². The fraction of sp³-hybridized carbons (Fsp3) is 0.0800. The molecule has 0 aliphatic carbocycles. The van der Waals surface area contributed by atoms with Gasteiger partial charge in [0.05, 0.1) is 23.5 Å². The number of fused-ring (bicyclic) bond motifs is 1. The normalized spacial score (nSPS) is 11.4. The molecule has 0 aliphatic rings. The SMILES string of the molecule is COc1cc(NC(=O)c2cc3ccccc3c(N=Nc3cc(Cl)c(C)c(S(=O)(=O)O)c3)c2[O-])ccc1Cl.[Na+]. The number of benzene rings is 4. The van der Waals surface area contributed by atoms with Gasteiger partial charge >= 0.3 is 29.6 Å². The molecule has 0 fully saturated rings. The van der Waals surface area contributed by atoms with Gasteiger partial charge in [-0.1, -0.05) is 53.2 Å². The minimum absolute atomic E-state index is 0. The molecule has 0 unspecified atom stereocenters. The topological polar surface area (TPSA) is 140 Å². The molecule has 0 radical (unpaired) electrons. The van der Waals surface area contributed by atoms with Gasteiger partial charge in [0.2, 0.25) is 0 Å². The Bertz CT molecular complexity index is 1700. The van der Waals surface area contributed by atoms with Crippen LogP contribution < -0.4 is 44.7 Å². The molecule has 0 saturated carbocycles. The van der Waals surface area contributed by atoms with Crippen LogP contribution >= 0.6 is 23.2 Å². The summed E-state index contributed by atoms with van der Waals surface area (Å²) in [6.45, 7) is 1.42. The third-order valence-electron chi connectivity index (χ3n) is 5.45. The van der Waals surface area contributed by atoms with Crippen molar-refractivity contribution in [2.24, 2.45) is 10.2 Å². The summed E-state index contributed by atoms with van der Waals surface area (Å²) in [5.41, 5.74) is 0.142. The molecule has 13 heteroatoms. The van der Waals surface area contributed by atoms with E-state index in [0.717, 1.165) is 6.07 Å². The third-order valence-corrected chi connectivity index (χ3v) is 7.14. The van der Waals surface area contributed by atoms with Crippen molar-refractivity contribution in [3.8, 4) is 11.5 Å². The summed E-state index contributed by atoms with van der Waals surface area (Å²) < 4.78 is 38.1. The van der Waals surface area contributed by atoms with E-state index >= 15 is 0 Å². The standard InChI is InChI=1S/C25H19Cl2N3O6S.Na/c1-13-20(27)10-16(12-22(13)37(33,34)35)29-30-23-17-6-4-3-5-14(17)9-18(24(23)31)25(32)28-15-7-8-19(26)21(11-15)36-2;/h3-12,31H,1-2H3,(H,28,32)(H,33,34,35);/q;+1/p-1. The minimum atomic E-state index is -4.58. The molecule has 9 nitrogen and oxygen atoms in total. The number of methoxy groups -OCH3 is 1. The molecule has 1 amide bonds. The van der Waals surface area contributed by atoms with E-state index in [1.165, 1.54) is 32.2 Å². The minimum Gasteiger partial charge on any atom is -0.870 e. The Morgan fingerprint density at radius 2 is 1.74 bits per heavy atom. The van der Waals surface area contributed by atoms with Gasteiger partial charge in [0.15, 0.2) is 0 Å². The molecule has 4 aromatic rings. The molecule has 0 atom stereocenters. The van der Waals surface area contributed by atoms with Crippen molar-refractivity contribution in [1.29, 1.82) is 0 Å². The first-order valence-electron chi connectivity index (χ1n) is 10.6. The molecular formula is C25H18Cl2N3NaO6S. The van der Waals surface area contributed by atoms with Crippen molar-refractivity contribution >= 4 is 67.1 Å². The molecule has 0 aromatic heterocycles. The molecule has 4 aromatic carbocycles. The predicted molar refractivity (Wildman–Crippen MR) is 140 cm³/mol. The number of hydrogen-bond acceptors (Lipinski definition) is 7. The van der Waals surface area contributed by atoms with Crippen molar-refractivity contribution in [3.63, 3.8) is 0 Å². The van der Waals surface area contributed by atoms with E-state index in [4.69, 9.17) is 27.9 Å². The van der Waals surface area contributed by atoms with Crippen LogP contribution in [-0.4, -0.2) is 26.0 Å². The van der Waals surface area contributed by atoms with Crippen LogP contribution in [0.2, 0.25) is 10.0 Å². The molecule has 190 valence electrons. The van der Waals surface area contributed by atoms with E-state index in [2.05, 4.69) is 15.5 Å². The third kappa shape index (κ3) is 6.29. The van der Waals surface area contributed by atoms with Crippen LogP contribution in [0.25, 0.3) is 10.8 Å². The summed E-state index contributed by atoms with van der Waals surface area (Å²) in [6.07, 6.45) is 0. The Morgan fingerprint density at radius 3 is 2.42 bits per heavy atom. The van der Waals surface area contributed by atoms with Crippen molar-refractivity contribution < 1.29 is 57.2 Å². The average molecular weight is 582 g/mol. The zero-order valence-corrected chi connectivity index (χ0v) is 24.6. The van der Waals surface area contributed by atoms with Crippen molar-refractivity contribution in [3.05, 3.63) is 81.8 Å². The number of amides is 1. The Kier molecular flexibility index (Phi) is 9.43. The van der Waals surface area contributed by atoms with Gasteiger partial charge in [-0.3, -0.25) is 9.35 Å². The summed E-state index contributed by atoms with van der Waals surface area (Å²) in [5.74, 6) is -1.05. The van der Waals surface area contributed by atoms with Crippen LogP contribution in [0.4, 0.5) is 17.1 Å². The Balaban J connectivity index is 0.00000400. The molecule has 0 saturated heterocycles. The number of halogens is 2. The largest absolute Gasteiger partial charge is 1.00 e. The Morgan fingerprint density at radius 1 is 1.03 bits per heavy atom. The fourth-order valence-electron chi connectivity index (χ4n) is 3.59. The number of carbonyl (C=O) groups is 1. The monoisotopic (exact) mass is 581 g/mol. The van der Waals surface area contributed by atoms with Gasteiger partial charge in [0.1, 0.15) is 10.6 Å². The fourth-order valence-corrected chi connectivity index (χ4v) is 4.82. The number of hydrogen-bond donors (Lipinski definition) is 2. The van der Waals surface area contributed by atoms with Crippen LogP contribution in [0.5, 0.6) is 11.5 Å². The van der Waals surface area contributed by atoms with Crippen LogP contribution in [0.3, 0.4) is 0 Å². The number of ether oxygens (including phenoxy) is 1. The quantitative estimate of drug-likeness (QED) is 0.203. The van der Waals surface area contributed by atoms with E-state index < -0.39 is 26.7 Å². The van der Waals surface area contributed by atoms with Gasteiger partial charge in [-0.15, -0.1) is 0 Å². The smallest absolute Gasteiger partial charge is 0.870 e. The molecule has 2 N–H and O–H groups in total. The number of carbonyl (C=O) groups excluding carboxylic acids is 1. The van der Waals surface area contributed by atoms with Gasteiger partial charge in [-0.25, -0.2) is 0 Å². The number of nitrogens with zero attached hydrogens (tertiary/aromatic N) is 2. The van der Waals surface area contributed by atoms with Crippen LogP contribution in [0, 0.1) is 6.92 Å². The molecular weight excluding hydrogens is 564 g/mol. The van der Waals surface area contributed by atoms with Crippen LogP contribution in [-0.2, 0) is 10.1 Å². The van der Waals surface area contributed by atoms with Crippen LogP contribution in [0.15, 0.2) is 75.8 Å². The number of azo groups is 1. The number of rotatable bonds is 6. The zero-order chi connectivity index (χ0) is 26.9. The maximum absolute atomic E-state index is 13.3. The molecule has 0 spiro atoms. The summed E-state index contributed by atoms with van der Waals surface area (Å²) in [7, 11) is -3.14. The van der Waals surface area contributed by atoms with Gasteiger partial charge in [0.25, 0.3) is 16.0 Å². The van der Waals surface area contributed by atoms with E-state index in [1.807, 2.05) is 0 Å². The summed E-state index contributed by atoms with van der Waals surface area (Å²) in [6, 6.07) is 15.3. The molecule has 0 bridgehead atoms. The second-order valence-electron chi connectivity index (χ2n) is 7.85. The molecule has 0 aliphatic heterocycles. The van der Waals surface area contributed by atoms with E-state index in [1.54, 1.807) is 36.4 Å². The molecule has 0 heterocycles. The molecule has 4 rings (SSSR count). The zero-order valence-electron chi connectivity index (χ0n) is 20.3. The van der Waals surface area contributed by atoms with Gasteiger partial charge in [-0.05, 0) is 48.2 Å². The second kappa shape index (κ2) is 12.0. The summed E-state index contributed by atoms with van der Waals surface area (Å²) in [5, 5.41) is 25.4. The maximum atomic E-state index is 13.3. The Labute approximate surface area is 250 Å². The van der Waals surface area contributed by atoms with E-state index in [0.29, 0.717) is 27.2 Å². The number of anilines is 1. The maximum Gasteiger partial charge on any atom is 1.00 e. The van der Waals surface area contributed by atoms with Crippen molar-refractivity contribution in [2.45, 2.75) is 11.8 Å². The average Bonchev–Trinajstić information content (AvgIpc) is 2.85. The summed E-state index contributed by atoms with van der Waals surface area (Å²) >= 11 is 12.1. The second-order valence-corrected chi connectivity index (χ2v) is 10.1.